The molecule has 2 aromatic carbocycles. The smallest absolute Gasteiger partial charge is 0.0485 e. The lowest BCUT2D eigenvalue weighted by Crippen LogP contribution is -1.88. The fourth-order valence-corrected chi connectivity index (χ4v) is 1.71. The van der Waals surface area contributed by atoms with E-state index in [-0.39, 0.29) is 0 Å². The lowest BCUT2D eigenvalue weighted by Gasteiger charge is -2.06. The van der Waals surface area contributed by atoms with Crippen LogP contribution in [0.4, 0.5) is 5.69 Å². The zero-order valence-electron chi connectivity index (χ0n) is 7.34. The third-order valence-electron chi connectivity index (χ3n) is 2.14. The Bertz CT molecular complexity index is 437. The normalized spacial score (nSPS) is 10.3. The van der Waals surface area contributed by atoms with Crippen molar-refractivity contribution >= 4 is 28.1 Å². The van der Waals surface area contributed by atoms with Crippen molar-refractivity contribution in [1.82, 2.24) is 0 Å². The van der Waals surface area contributed by atoms with E-state index >= 15 is 0 Å². The van der Waals surface area contributed by atoms with Gasteiger partial charge in [-0.25, -0.2) is 0 Å². The maximum absolute atomic E-state index is 6.06. The van der Waals surface area contributed by atoms with E-state index in [0.717, 1.165) is 21.5 Å². The van der Waals surface area contributed by atoms with Crippen LogP contribution in [0.1, 0.15) is 0 Å². The van der Waals surface area contributed by atoms with Crippen LogP contribution in [0.3, 0.4) is 0 Å². The first-order chi connectivity index (χ1) is 6.33. The van der Waals surface area contributed by atoms with Crippen LogP contribution < -0.4 is 5.32 Å². The van der Waals surface area contributed by atoms with Gasteiger partial charge < -0.3 is 5.32 Å². The van der Waals surface area contributed by atoms with Crippen molar-refractivity contribution in [3.8, 4) is 0 Å². The van der Waals surface area contributed by atoms with Crippen LogP contribution in [0.2, 0.25) is 5.02 Å². The summed E-state index contributed by atoms with van der Waals surface area (Å²) in [6.07, 6.45) is 0. The Morgan fingerprint density at radius 3 is 2.38 bits per heavy atom. The number of anilines is 1. The summed E-state index contributed by atoms with van der Waals surface area (Å²) >= 11 is 6.06. The molecule has 0 atom stereocenters. The highest BCUT2D eigenvalue weighted by atomic mass is 35.5. The van der Waals surface area contributed by atoms with Gasteiger partial charge in [0, 0.05) is 28.5 Å². The van der Waals surface area contributed by atoms with E-state index in [1.165, 1.54) is 0 Å². The molecule has 0 aromatic heterocycles. The van der Waals surface area contributed by atoms with Gasteiger partial charge in [0.25, 0.3) is 0 Å². The molecule has 0 saturated carbocycles. The molecular weight excluding hydrogens is 182 g/mol. The molecule has 0 radical (unpaired) electrons. The molecule has 2 heteroatoms. The maximum atomic E-state index is 6.06. The van der Waals surface area contributed by atoms with E-state index in [1.54, 1.807) is 0 Å². The van der Waals surface area contributed by atoms with E-state index in [0.29, 0.717) is 0 Å². The highest BCUT2D eigenvalue weighted by Crippen LogP contribution is 2.28. The summed E-state index contributed by atoms with van der Waals surface area (Å²) in [7, 11) is 1.91. The van der Waals surface area contributed by atoms with E-state index in [4.69, 9.17) is 11.6 Å². The second kappa shape index (κ2) is 3.27. The van der Waals surface area contributed by atoms with Crippen LogP contribution in [0.25, 0.3) is 10.8 Å². The Balaban J connectivity index is 2.84. The quantitative estimate of drug-likeness (QED) is 0.727. The van der Waals surface area contributed by atoms with Crippen molar-refractivity contribution in [3.05, 3.63) is 41.4 Å². The van der Waals surface area contributed by atoms with Gasteiger partial charge in [0.1, 0.15) is 0 Å². The van der Waals surface area contributed by atoms with Crippen LogP contribution in [0, 0.1) is 0 Å². The van der Waals surface area contributed by atoms with Gasteiger partial charge >= 0.3 is 0 Å². The highest BCUT2D eigenvalue weighted by Gasteiger charge is 2.01. The van der Waals surface area contributed by atoms with Crippen LogP contribution in [0.15, 0.2) is 36.4 Å². The van der Waals surface area contributed by atoms with Gasteiger partial charge in [0.05, 0.1) is 0 Å². The van der Waals surface area contributed by atoms with Crippen LogP contribution in [-0.2, 0) is 0 Å². The monoisotopic (exact) mass is 191 g/mol. The molecule has 0 unspecified atom stereocenters. The summed E-state index contributed by atoms with van der Waals surface area (Å²) in [4.78, 5) is 0. The lowest BCUT2D eigenvalue weighted by molar-refractivity contribution is 1.55. The molecule has 0 amide bonds. The van der Waals surface area contributed by atoms with Gasteiger partial charge in [-0.05, 0) is 12.1 Å². The largest absolute Gasteiger partial charge is 0.388 e. The molecule has 0 bridgehead atoms. The van der Waals surface area contributed by atoms with Crippen molar-refractivity contribution in [2.24, 2.45) is 0 Å². The zero-order valence-corrected chi connectivity index (χ0v) is 8.10. The third-order valence-corrected chi connectivity index (χ3v) is 2.47. The Kier molecular flexibility index (Phi) is 2.11. The van der Waals surface area contributed by atoms with E-state index in [9.17, 15) is 0 Å². The van der Waals surface area contributed by atoms with Crippen molar-refractivity contribution in [3.63, 3.8) is 0 Å². The Morgan fingerprint density at radius 2 is 1.69 bits per heavy atom. The second-order valence-corrected chi connectivity index (χ2v) is 3.30. The number of rotatable bonds is 1. The fourth-order valence-electron chi connectivity index (χ4n) is 1.48. The Labute approximate surface area is 82.3 Å². The van der Waals surface area contributed by atoms with Gasteiger partial charge in [-0.15, -0.1) is 0 Å². The van der Waals surface area contributed by atoms with Gasteiger partial charge in [-0.3, -0.25) is 0 Å². The fraction of sp³-hybridized carbons (Fsp3) is 0.0909. The molecule has 0 heterocycles. The number of nitrogens with one attached hydrogen (secondary N) is 1. The first-order valence-electron chi connectivity index (χ1n) is 4.18. The standard InChI is InChI=1S/C11H10ClN/c1-13-11-7-6-10(12)8-4-2-3-5-9(8)11/h2-7,13H,1H3. The topological polar surface area (TPSA) is 12.0 Å². The SMILES string of the molecule is CNc1ccc(Cl)c2ccccc12. The molecule has 1 nitrogen and oxygen atoms in total. The number of fused-ring (bicyclic) bond motifs is 1. The zero-order chi connectivity index (χ0) is 9.26. The second-order valence-electron chi connectivity index (χ2n) is 2.89. The van der Waals surface area contributed by atoms with E-state index in [1.807, 2.05) is 37.4 Å². The molecule has 66 valence electrons. The number of benzene rings is 2. The first-order valence-corrected chi connectivity index (χ1v) is 4.55. The van der Waals surface area contributed by atoms with Gasteiger partial charge in [-0.2, -0.15) is 0 Å². The minimum absolute atomic E-state index is 0.801. The van der Waals surface area contributed by atoms with Crippen molar-refractivity contribution in [2.75, 3.05) is 12.4 Å². The van der Waals surface area contributed by atoms with Gasteiger partial charge in [0.15, 0.2) is 0 Å². The molecule has 1 N–H and O–H groups in total. The molecule has 2 aromatic rings. The van der Waals surface area contributed by atoms with Gasteiger partial charge in [-0.1, -0.05) is 35.9 Å². The van der Waals surface area contributed by atoms with E-state index < -0.39 is 0 Å². The summed E-state index contributed by atoms with van der Waals surface area (Å²) in [5, 5.41) is 6.20. The van der Waals surface area contributed by atoms with E-state index in [2.05, 4.69) is 11.4 Å². The number of hydrogen-bond acceptors (Lipinski definition) is 1. The molecule has 0 aliphatic heterocycles. The summed E-state index contributed by atoms with van der Waals surface area (Å²) in [6.45, 7) is 0. The average molecular weight is 192 g/mol. The number of halogens is 1. The van der Waals surface area contributed by atoms with Crippen LogP contribution in [-0.4, -0.2) is 7.05 Å². The Hall–Kier alpha value is -1.21. The maximum Gasteiger partial charge on any atom is 0.0485 e. The predicted molar refractivity (Wildman–Crippen MR) is 58.5 cm³/mol. The summed E-state index contributed by atoms with van der Waals surface area (Å²) in [5.41, 5.74) is 1.11. The first kappa shape index (κ1) is 8.39. The van der Waals surface area contributed by atoms with Crippen molar-refractivity contribution in [1.29, 1.82) is 0 Å². The Morgan fingerprint density at radius 1 is 1.00 bits per heavy atom. The minimum atomic E-state index is 0.801. The molecule has 0 saturated heterocycles. The van der Waals surface area contributed by atoms with Crippen molar-refractivity contribution < 1.29 is 0 Å². The molecule has 0 aliphatic carbocycles. The summed E-state index contributed by atoms with van der Waals surface area (Å²) in [6, 6.07) is 12.0. The van der Waals surface area contributed by atoms with Gasteiger partial charge in [0.2, 0.25) is 0 Å². The molecule has 13 heavy (non-hydrogen) atoms. The summed E-state index contributed by atoms with van der Waals surface area (Å²) in [5.74, 6) is 0. The minimum Gasteiger partial charge on any atom is -0.388 e. The molecule has 0 aliphatic rings. The lowest BCUT2D eigenvalue weighted by atomic mass is 10.1. The van der Waals surface area contributed by atoms with Crippen LogP contribution >= 0.6 is 11.6 Å². The number of hydrogen-bond donors (Lipinski definition) is 1. The average Bonchev–Trinajstić information content (AvgIpc) is 2.19. The van der Waals surface area contributed by atoms with Crippen LogP contribution in [0.5, 0.6) is 0 Å². The molecule has 0 spiro atoms. The molecular formula is C11H10ClN. The molecule has 0 fully saturated rings. The van der Waals surface area contributed by atoms with Crippen molar-refractivity contribution in [2.45, 2.75) is 0 Å². The third kappa shape index (κ3) is 1.36. The predicted octanol–water partition coefficient (Wildman–Crippen LogP) is 3.53. The summed E-state index contributed by atoms with van der Waals surface area (Å²) < 4.78 is 0. The molecule has 2 rings (SSSR count). The highest BCUT2D eigenvalue weighted by molar-refractivity contribution is 6.36.